The molecule has 0 aliphatic heterocycles. The molecule has 1 N–H and O–H groups in total. The zero-order chi connectivity index (χ0) is 17.0. The fourth-order valence-corrected chi connectivity index (χ4v) is 2.56. The van der Waals surface area contributed by atoms with Gasteiger partial charge in [0, 0.05) is 28.1 Å². The zero-order valence-corrected chi connectivity index (χ0v) is 14.9. The van der Waals surface area contributed by atoms with Crippen LogP contribution in [-0.2, 0) is 4.79 Å². The van der Waals surface area contributed by atoms with E-state index >= 15 is 0 Å². The number of hydrogen-bond acceptors (Lipinski definition) is 2. The van der Waals surface area contributed by atoms with Gasteiger partial charge in [-0.1, -0.05) is 15.9 Å². The molecule has 4 nitrogen and oxygen atoms in total. The molecule has 0 bridgehead atoms. The minimum absolute atomic E-state index is 0.0776. The second-order valence-electron chi connectivity index (χ2n) is 5.55. The van der Waals surface area contributed by atoms with Crippen molar-refractivity contribution >= 4 is 33.6 Å². The Bertz CT molecular complexity index is 780. The molecule has 0 unspecified atom stereocenters. The van der Waals surface area contributed by atoms with Crippen molar-refractivity contribution in [3.05, 3.63) is 57.8 Å². The molecule has 5 heteroatoms. The minimum Gasteiger partial charge on any atom is -0.349 e. The van der Waals surface area contributed by atoms with Crippen LogP contribution in [0.25, 0.3) is 6.08 Å². The van der Waals surface area contributed by atoms with Crippen LogP contribution in [0.3, 0.4) is 0 Å². The Morgan fingerprint density at radius 3 is 2.52 bits per heavy atom. The topological polar surface area (TPSA) is 57.8 Å². The van der Waals surface area contributed by atoms with E-state index in [1.807, 2.05) is 37.4 Å². The first-order valence-electron chi connectivity index (χ1n) is 7.28. The average Bonchev–Trinajstić information content (AvgIpc) is 2.88. The Labute approximate surface area is 144 Å². The lowest BCUT2D eigenvalue weighted by molar-refractivity contribution is -0.112. The Balaban J connectivity index is 2.21. The molecule has 0 saturated heterocycles. The number of anilines is 1. The third-order valence-corrected chi connectivity index (χ3v) is 3.93. The maximum absolute atomic E-state index is 12.2. The summed E-state index contributed by atoms with van der Waals surface area (Å²) in [5.74, 6) is -0.412. The largest absolute Gasteiger partial charge is 0.349 e. The summed E-state index contributed by atoms with van der Waals surface area (Å²) in [6, 6.07) is 11.5. The molecule has 1 aromatic heterocycles. The molecule has 2 rings (SSSR count). The fourth-order valence-electron chi connectivity index (χ4n) is 2.30. The van der Waals surface area contributed by atoms with Crippen molar-refractivity contribution in [2.75, 3.05) is 5.32 Å². The third-order valence-electron chi connectivity index (χ3n) is 3.41. The molecule has 1 amide bonds. The van der Waals surface area contributed by atoms with Gasteiger partial charge in [-0.3, -0.25) is 4.79 Å². The summed E-state index contributed by atoms with van der Waals surface area (Å²) in [5, 5.41) is 12.0. The van der Waals surface area contributed by atoms with Crippen LogP contribution in [0, 0.1) is 18.3 Å². The van der Waals surface area contributed by atoms with Gasteiger partial charge in [0.2, 0.25) is 0 Å². The Morgan fingerprint density at radius 2 is 2.00 bits per heavy atom. The van der Waals surface area contributed by atoms with Gasteiger partial charge in [-0.15, -0.1) is 0 Å². The van der Waals surface area contributed by atoms with Crippen LogP contribution in [0.5, 0.6) is 0 Å². The summed E-state index contributed by atoms with van der Waals surface area (Å²) < 4.78 is 3.03. The van der Waals surface area contributed by atoms with Crippen LogP contribution in [0.2, 0.25) is 0 Å². The number of nitrogens with one attached hydrogen (secondary N) is 1. The van der Waals surface area contributed by atoms with Gasteiger partial charge in [0.15, 0.2) is 0 Å². The number of carbonyl (C=O) groups excluding carboxylic acids is 1. The number of amides is 1. The van der Waals surface area contributed by atoms with Crippen molar-refractivity contribution < 1.29 is 4.79 Å². The number of aryl methyl sites for hydroxylation is 1. The molecule has 0 atom stereocenters. The summed E-state index contributed by atoms with van der Waals surface area (Å²) in [6.07, 6.45) is 3.56. The lowest BCUT2D eigenvalue weighted by Gasteiger charge is -2.08. The monoisotopic (exact) mass is 371 g/mol. The number of halogens is 1. The summed E-state index contributed by atoms with van der Waals surface area (Å²) in [5.41, 5.74) is 2.67. The van der Waals surface area contributed by atoms with Crippen molar-refractivity contribution in [3.63, 3.8) is 0 Å². The van der Waals surface area contributed by atoms with Gasteiger partial charge in [-0.05, 0) is 62.7 Å². The molecule has 23 heavy (non-hydrogen) atoms. The Hall–Kier alpha value is -2.32. The van der Waals surface area contributed by atoms with Crippen LogP contribution in [0.1, 0.15) is 31.1 Å². The van der Waals surface area contributed by atoms with E-state index in [0.717, 1.165) is 15.7 Å². The SMILES string of the molecule is Cc1cc(/C=C(\C#N)C(=O)Nc2ccc(Br)cc2)cn1C(C)C. The Kier molecular flexibility index (Phi) is 5.41. The molecule has 118 valence electrons. The minimum atomic E-state index is -0.412. The van der Waals surface area contributed by atoms with Gasteiger partial charge in [-0.25, -0.2) is 0 Å². The number of hydrogen-bond donors (Lipinski definition) is 1. The predicted molar refractivity (Wildman–Crippen MR) is 95.9 cm³/mol. The van der Waals surface area contributed by atoms with Gasteiger partial charge < -0.3 is 9.88 Å². The van der Waals surface area contributed by atoms with Crippen LogP contribution >= 0.6 is 15.9 Å². The molecule has 0 aliphatic rings. The van der Waals surface area contributed by atoms with Crippen LogP contribution < -0.4 is 5.32 Å². The summed E-state index contributed by atoms with van der Waals surface area (Å²) >= 11 is 3.34. The lowest BCUT2D eigenvalue weighted by atomic mass is 10.2. The maximum Gasteiger partial charge on any atom is 0.266 e. The van der Waals surface area contributed by atoms with Crippen LogP contribution in [0.15, 0.2) is 46.6 Å². The highest BCUT2D eigenvalue weighted by Crippen LogP contribution is 2.18. The van der Waals surface area contributed by atoms with Gasteiger partial charge in [0.25, 0.3) is 5.91 Å². The molecule has 0 spiro atoms. The summed E-state index contributed by atoms with van der Waals surface area (Å²) in [7, 11) is 0. The van der Waals surface area contributed by atoms with Crippen LogP contribution in [-0.4, -0.2) is 10.5 Å². The number of aromatic nitrogens is 1. The van der Waals surface area contributed by atoms with Crippen molar-refractivity contribution in [3.8, 4) is 6.07 Å². The molecule has 2 aromatic rings. The first-order valence-corrected chi connectivity index (χ1v) is 8.07. The molecule has 1 heterocycles. The van der Waals surface area contributed by atoms with Gasteiger partial charge in [0.05, 0.1) is 0 Å². The zero-order valence-electron chi connectivity index (χ0n) is 13.3. The number of nitriles is 1. The average molecular weight is 372 g/mol. The van der Waals surface area contributed by atoms with E-state index in [0.29, 0.717) is 11.7 Å². The first kappa shape index (κ1) is 17.0. The summed E-state index contributed by atoms with van der Waals surface area (Å²) in [6.45, 7) is 6.18. The fraction of sp³-hybridized carbons (Fsp3) is 0.222. The van der Waals surface area contributed by atoms with E-state index in [-0.39, 0.29) is 5.57 Å². The van der Waals surface area contributed by atoms with Crippen molar-refractivity contribution in [2.24, 2.45) is 0 Å². The predicted octanol–water partition coefficient (Wildman–Crippen LogP) is 4.69. The highest BCUT2D eigenvalue weighted by Gasteiger charge is 2.11. The van der Waals surface area contributed by atoms with Gasteiger partial charge in [0.1, 0.15) is 11.6 Å². The molecule has 0 fully saturated rings. The smallest absolute Gasteiger partial charge is 0.266 e. The number of benzene rings is 1. The second kappa shape index (κ2) is 7.30. The van der Waals surface area contributed by atoms with E-state index in [1.165, 1.54) is 0 Å². The van der Waals surface area contributed by atoms with Crippen molar-refractivity contribution in [1.82, 2.24) is 4.57 Å². The van der Waals surface area contributed by atoms with E-state index in [9.17, 15) is 10.1 Å². The summed E-state index contributed by atoms with van der Waals surface area (Å²) in [4.78, 5) is 12.2. The van der Waals surface area contributed by atoms with Gasteiger partial charge in [-0.2, -0.15) is 5.26 Å². The van der Waals surface area contributed by atoms with Crippen molar-refractivity contribution in [1.29, 1.82) is 5.26 Å². The highest BCUT2D eigenvalue weighted by atomic mass is 79.9. The normalized spacial score (nSPS) is 11.4. The molecular formula is C18H18BrN3O. The van der Waals surface area contributed by atoms with E-state index in [4.69, 9.17) is 0 Å². The standard InChI is InChI=1S/C18H18BrN3O/c1-12(2)22-11-14(8-13(22)3)9-15(10-20)18(23)21-17-6-4-16(19)5-7-17/h4-9,11-12H,1-3H3,(H,21,23)/b15-9+. The number of nitrogens with zero attached hydrogens (tertiary/aromatic N) is 2. The quantitative estimate of drug-likeness (QED) is 0.626. The lowest BCUT2D eigenvalue weighted by Crippen LogP contribution is -2.13. The van der Waals surface area contributed by atoms with Crippen LogP contribution in [0.4, 0.5) is 5.69 Å². The first-order chi connectivity index (χ1) is 10.9. The van der Waals surface area contributed by atoms with E-state index in [2.05, 4.69) is 39.7 Å². The van der Waals surface area contributed by atoms with Gasteiger partial charge >= 0.3 is 0 Å². The van der Waals surface area contributed by atoms with E-state index < -0.39 is 5.91 Å². The molecule has 1 aromatic carbocycles. The molecule has 0 saturated carbocycles. The molecular weight excluding hydrogens is 354 g/mol. The molecule has 0 radical (unpaired) electrons. The van der Waals surface area contributed by atoms with Crippen molar-refractivity contribution in [2.45, 2.75) is 26.8 Å². The Morgan fingerprint density at radius 1 is 1.35 bits per heavy atom. The highest BCUT2D eigenvalue weighted by molar-refractivity contribution is 9.10. The third kappa shape index (κ3) is 4.33. The maximum atomic E-state index is 12.2. The molecule has 0 aliphatic carbocycles. The number of carbonyl (C=O) groups is 1. The number of rotatable bonds is 4. The van der Waals surface area contributed by atoms with E-state index in [1.54, 1.807) is 18.2 Å². The second-order valence-corrected chi connectivity index (χ2v) is 6.46.